The highest BCUT2D eigenvalue weighted by Gasteiger charge is 2.23. The van der Waals surface area contributed by atoms with Gasteiger partial charge in [-0.05, 0) is 13.3 Å². The van der Waals surface area contributed by atoms with E-state index in [1.54, 1.807) is 0 Å². The molecule has 134 valence electrons. The largest absolute Gasteiger partial charge is 0.393 e. The van der Waals surface area contributed by atoms with Crippen LogP contribution in [0, 0.1) is 0 Å². The lowest BCUT2D eigenvalue weighted by Gasteiger charge is -2.23. The molecular formula is C18H38O4. The number of hydrogen-bond donors (Lipinski definition) is 3. The van der Waals surface area contributed by atoms with E-state index in [1.807, 2.05) is 0 Å². The average Bonchev–Trinajstić information content (AvgIpc) is 2.48. The van der Waals surface area contributed by atoms with Crippen molar-refractivity contribution >= 4 is 0 Å². The molecule has 0 spiro atoms. The Bertz CT molecular complexity index is 231. The minimum atomic E-state index is -1.22. The van der Waals surface area contributed by atoms with Gasteiger partial charge in [-0.15, -0.1) is 0 Å². The van der Waals surface area contributed by atoms with Crippen LogP contribution in [0.2, 0.25) is 0 Å². The molecule has 3 N–H and O–H groups in total. The summed E-state index contributed by atoms with van der Waals surface area (Å²) in [4.78, 5) is 0. The Morgan fingerprint density at radius 2 is 1.41 bits per heavy atom. The predicted octanol–water partition coefficient (Wildman–Crippen LogP) is 3.42. The van der Waals surface area contributed by atoms with Crippen molar-refractivity contribution in [3.63, 3.8) is 0 Å². The Morgan fingerprint density at radius 3 is 1.91 bits per heavy atom. The second kappa shape index (κ2) is 14.4. The maximum absolute atomic E-state index is 9.68. The highest BCUT2D eigenvalue weighted by Crippen LogP contribution is 2.12. The number of aliphatic hydroxyl groups excluding tert-OH is 2. The van der Waals surface area contributed by atoms with Crippen molar-refractivity contribution in [2.45, 2.75) is 96.2 Å². The van der Waals surface area contributed by atoms with Gasteiger partial charge in [0.25, 0.3) is 0 Å². The second-order valence-corrected chi connectivity index (χ2v) is 6.77. The molecule has 0 aromatic rings. The van der Waals surface area contributed by atoms with Gasteiger partial charge in [0.2, 0.25) is 0 Å². The third-order valence-corrected chi connectivity index (χ3v) is 3.97. The van der Waals surface area contributed by atoms with Gasteiger partial charge in [-0.3, -0.25) is 0 Å². The fraction of sp³-hybridized carbons (Fsp3) is 1.00. The minimum absolute atomic E-state index is 0.140. The molecule has 0 aromatic carbocycles. The van der Waals surface area contributed by atoms with E-state index < -0.39 is 11.7 Å². The molecule has 2 unspecified atom stereocenters. The zero-order valence-corrected chi connectivity index (χ0v) is 14.7. The lowest BCUT2D eigenvalue weighted by Crippen LogP contribution is -2.35. The van der Waals surface area contributed by atoms with Crippen LogP contribution < -0.4 is 0 Å². The topological polar surface area (TPSA) is 69.9 Å². The van der Waals surface area contributed by atoms with E-state index in [-0.39, 0.29) is 19.6 Å². The quantitative estimate of drug-likeness (QED) is 0.381. The van der Waals surface area contributed by atoms with Crippen LogP contribution in [0.1, 0.15) is 84.5 Å². The third kappa shape index (κ3) is 14.8. The van der Waals surface area contributed by atoms with E-state index in [0.29, 0.717) is 6.61 Å². The Morgan fingerprint density at radius 1 is 0.909 bits per heavy atom. The molecule has 0 amide bonds. The molecule has 0 heterocycles. The summed E-state index contributed by atoms with van der Waals surface area (Å²) in [6.45, 7) is 4.31. The van der Waals surface area contributed by atoms with Gasteiger partial charge >= 0.3 is 0 Å². The van der Waals surface area contributed by atoms with Gasteiger partial charge in [0.15, 0.2) is 0 Å². The minimum Gasteiger partial charge on any atom is -0.393 e. The van der Waals surface area contributed by atoms with Crippen molar-refractivity contribution in [2.24, 2.45) is 0 Å². The molecule has 0 rings (SSSR count). The fourth-order valence-electron chi connectivity index (χ4n) is 2.54. The van der Waals surface area contributed by atoms with E-state index in [0.717, 1.165) is 6.42 Å². The van der Waals surface area contributed by atoms with E-state index in [4.69, 9.17) is 9.84 Å². The first-order chi connectivity index (χ1) is 10.5. The van der Waals surface area contributed by atoms with Crippen molar-refractivity contribution in [3.05, 3.63) is 0 Å². The van der Waals surface area contributed by atoms with Crippen LogP contribution in [0.3, 0.4) is 0 Å². The van der Waals surface area contributed by atoms with E-state index in [2.05, 4.69) is 6.92 Å². The molecular weight excluding hydrogens is 280 g/mol. The van der Waals surface area contributed by atoms with Crippen LogP contribution in [-0.4, -0.2) is 46.8 Å². The average molecular weight is 318 g/mol. The smallest absolute Gasteiger partial charge is 0.0874 e. The van der Waals surface area contributed by atoms with E-state index in [9.17, 15) is 10.2 Å². The number of aliphatic hydroxyl groups is 3. The molecule has 4 nitrogen and oxygen atoms in total. The van der Waals surface area contributed by atoms with Gasteiger partial charge in [0.05, 0.1) is 24.9 Å². The summed E-state index contributed by atoms with van der Waals surface area (Å²) in [5, 5.41) is 28.2. The van der Waals surface area contributed by atoms with Gasteiger partial charge in [-0.25, -0.2) is 0 Å². The highest BCUT2D eigenvalue weighted by molar-refractivity contribution is 4.75. The van der Waals surface area contributed by atoms with Gasteiger partial charge < -0.3 is 20.1 Å². The van der Waals surface area contributed by atoms with Crippen LogP contribution in [-0.2, 0) is 4.74 Å². The highest BCUT2D eigenvalue weighted by atomic mass is 16.5. The molecule has 0 aliphatic heterocycles. The standard InChI is InChI=1S/C18H38O4/c1-3-4-5-6-7-8-9-10-11-12-13-22-15-17(20)14-18(2,21)16-19/h17,19-21H,3-16H2,1-2H3. The Kier molecular flexibility index (Phi) is 14.3. The van der Waals surface area contributed by atoms with Gasteiger partial charge in [0, 0.05) is 13.0 Å². The Hall–Kier alpha value is -0.160. The molecule has 0 aliphatic carbocycles. The van der Waals surface area contributed by atoms with Crippen LogP contribution in [0.5, 0.6) is 0 Å². The number of rotatable bonds is 16. The SMILES string of the molecule is CCCCCCCCCCCCOCC(O)CC(C)(O)CO. The van der Waals surface area contributed by atoms with Crippen molar-refractivity contribution < 1.29 is 20.1 Å². The van der Waals surface area contributed by atoms with Crippen molar-refractivity contribution in [3.8, 4) is 0 Å². The molecule has 2 atom stereocenters. The third-order valence-electron chi connectivity index (χ3n) is 3.97. The van der Waals surface area contributed by atoms with Gasteiger partial charge in [-0.2, -0.15) is 0 Å². The van der Waals surface area contributed by atoms with Gasteiger partial charge in [0.1, 0.15) is 0 Å². The molecule has 0 aromatic heterocycles. The predicted molar refractivity (Wildman–Crippen MR) is 91.0 cm³/mol. The van der Waals surface area contributed by atoms with Crippen LogP contribution in [0.25, 0.3) is 0 Å². The zero-order valence-electron chi connectivity index (χ0n) is 14.7. The number of unbranched alkanes of at least 4 members (excludes halogenated alkanes) is 9. The second-order valence-electron chi connectivity index (χ2n) is 6.77. The monoisotopic (exact) mass is 318 g/mol. The summed E-state index contributed by atoms with van der Waals surface area (Å²) in [5.74, 6) is 0. The molecule has 0 saturated heterocycles. The molecule has 0 saturated carbocycles. The molecule has 0 fully saturated rings. The summed E-state index contributed by atoms with van der Waals surface area (Å²) in [6, 6.07) is 0. The summed E-state index contributed by atoms with van der Waals surface area (Å²) < 4.78 is 5.42. The van der Waals surface area contributed by atoms with Crippen molar-refractivity contribution in [1.29, 1.82) is 0 Å². The lowest BCUT2D eigenvalue weighted by molar-refractivity contribution is -0.0564. The summed E-state index contributed by atoms with van der Waals surface area (Å²) in [5.41, 5.74) is -1.22. The normalized spacial score (nSPS) is 15.7. The number of hydrogen-bond acceptors (Lipinski definition) is 4. The summed E-state index contributed by atoms with van der Waals surface area (Å²) >= 11 is 0. The fourth-order valence-corrected chi connectivity index (χ4v) is 2.54. The van der Waals surface area contributed by atoms with Crippen LogP contribution >= 0.6 is 0 Å². The van der Waals surface area contributed by atoms with Crippen LogP contribution in [0.4, 0.5) is 0 Å². The van der Waals surface area contributed by atoms with Crippen molar-refractivity contribution in [2.75, 3.05) is 19.8 Å². The van der Waals surface area contributed by atoms with Crippen LogP contribution in [0.15, 0.2) is 0 Å². The first-order valence-electron chi connectivity index (χ1n) is 9.11. The molecule has 4 heteroatoms. The Labute approximate surface area is 136 Å². The number of ether oxygens (including phenoxy) is 1. The zero-order chi connectivity index (χ0) is 16.7. The first kappa shape index (κ1) is 21.8. The maximum atomic E-state index is 9.68. The molecule has 0 aliphatic rings. The molecule has 22 heavy (non-hydrogen) atoms. The van der Waals surface area contributed by atoms with Crippen molar-refractivity contribution in [1.82, 2.24) is 0 Å². The van der Waals surface area contributed by atoms with E-state index >= 15 is 0 Å². The molecule has 0 radical (unpaired) electrons. The first-order valence-corrected chi connectivity index (χ1v) is 9.11. The Balaban J connectivity index is 3.23. The van der Waals surface area contributed by atoms with E-state index in [1.165, 1.54) is 64.7 Å². The summed E-state index contributed by atoms with van der Waals surface area (Å²) in [7, 11) is 0. The van der Waals surface area contributed by atoms with Gasteiger partial charge in [-0.1, -0.05) is 64.7 Å². The summed E-state index contributed by atoms with van der Waals surface area (Å²) in [6.07, 6.45) is 12.4. The lowest BCUT2D eigenvalue weighted by atomic mass is 10.0. The maximum Gasteiger partial charge on any atom is 0.0874 e. The molecule has 0 bridgehead atoms.